The van der Waals surface area contributed by atoms with Gasteiger partial charge < -0.3 is 20.3 Å². The zero-order valence-electron chi connectivity index (χ0n) is 12.4. The minimum Gasteiger partial charge on any atom is -0.377 e. The number of ether oxygens (including phenoxy) is 1. The molecule has 0 spiro atoms. The lowest BCUT2D eigenvalue weighted by molar-refractivity contribution is -0.151. The van der Waals surface area contributed by atoms with E-state index in [-0.39, 0.29) is 17.7 Å². The highest BCUT2D eigenvalue weighted by atomic mass is 16.5. The standard InChI is InChI=1S/C14H25N3O3/c1-3-4-16-13(18)12-9-20-6-5-17(12)14(19)11-8-15-7-10(11)2/h10-12,15H,3-9H2,1-2H3,(H,16,18)/t10-,11-,12?/m1/s1. The molecule has 20 heavy (non-hydrogen) atoms. The summed E-state index contributed by atoms with van der Waals surface area (Å²) in [6.07, 6.45) is 0.886. The van der Waals surface area contributed by atoms with Gasteiger partial charge in [-0.3, -0.25) is 9.59 Å². The van der Waals surface area contributed by atoms with Crippen molar-refractivity contribution in [3.05, 3.63) is 0 Å². The number of carbonyl (C=O) groups excluding carboxylic acids is 2. The Hall–Kier alpha value is -1.14. The smallest absolute Gasteiger partial charge is 0.245 e. The minimum absolute atomic E-state index is 0.0189. The SMILES string of the molecule is CCCNC(=O)C1COCCN1C(=O)[C@@H]1CNC[C@H]1C. The molecule has 2 N–H and O–H groups in total. The topological polar surface area (TPSA) is 70.7 Å². The second-order valence-electron chi connectivity index (χ2n) is 5.66. The van der Waals surface area contributed by atoms with Crippen LogP contribution in [0.3, 0.4) is 0 Å². The average Bonchev–Trinajstić information content (AvgIpc) is 2.90. The van der Waals surface area contributed by atoms with Crippen LogP contribution in [0.2, 0.25) is 0 Å². The monoisotopic (exact) mass is 283 g/mol. The molecule has 0 aromatic carbocycles. The molecule has 0 radical (unpaired) electrons. The van der Waals surface area contributed by atoms with Crippen molar-refractivity contribution >= 4 is 11.8 Å². The van der Waals surface area contributed by atoms with Gasteiger partial charge in [0.1, 0.15) is 6.04 Å². The fourth-order valence-electron chi connectivity index (χ4n) is 2.80. The molecule has 0 aromatic heterocycles. The zero-order valence-corrected chi connectivity index (χ0v) is 12.4. The zero-order chi connectivity index (χ0) is 14.5. The van der Waals surface area contributed by atoms with Crippen LogP contribution in [-0.2, 0) is 14.3 Å². The summed E-state index contributed by atoms with van der Waals surface area (Å²) in [6.45, 7) is 7.62. The summed E-state index contributed by atoms with van der Waals surface area (Å²) in [5.41, 5.74) is 0. The molecule has 1 unspecified atom stereocenters. The number of morpholine rings is 1. The van der Waals surface area contributed by atoms with Gasteiger partial charge in [0.2, 0.25) is 11.8 Å². The Bertz CT molecular complexity index is 362. The second kappa shape index (κ2) is 7.04. The number of amides is 2. The molecular formula is C14H25N3O3. The van der Waals surface area contributed by atoms with Crippen molar-refractivity contribution in [1.82, 2.24) is 15.5 Å². The highest BCUT2D eigenvalue weighted by Gasteiger charge is 2.39. The van der Waals surface area contributed by atoms with Crippen molar-refractivity contribution in [2.45, 2.75) is 26.3 Å². The molecule has 2 fully saturated rings. The van der Waals surface area contributed by atoms with Gasteiger partial charge in [0.05, 0.1) is 19.1 Å². The summed E-state index contributed by atoms with van der Waals surface area (Å²) >= 11 is 0. The van der Waals surface area contributed by atoms with Gasteiger partial charge in [-0.2, -0.15) is 0 Å². The molecule has 2 aliphatic rings. The van der Waals surface area contributed by atoms with E-state index in [0.29, 0.717) is 38.8 Å². The third kappa shape index (κ3) is 3.30. The molecule has 2 amide bonds. The molecule has 2 rings (SSSR count). The molecule has 2 aliphatic heterocycles. The molecule has 114 valence electrons. The predicted molar refractivity (Wildman–Crippen MR) is 75.1 cm³/mol. The van der Waals surface area contributed by atoms with Crippen molar-refractivity contribution in [1.29, 1.82) is 0 Å². The van der Waals surface area contributed by atoms with Gasteiger partial charge >= 0.3 is 0 Å². The van der Waals surface area contributed by atoms with E-state index in [1.165, 1.54) is 0 Å². The van der Waals surface area contributed by atoms with Crippen molar-refractivity contribution in [2.75, 3.05) is 39.4 Å². The van der Waals surface area contributed by atoms with E-state index < -0.39 is 6.04 Å². The lowest BCUT2D eigenvalue weighted by atomic mass is 9.95. The van der Waals surface area contributed by atoms with Gasteiger partial charge in [-0.15, -0.1) is 0 Å². The molecule has 2 heterocycles. The molecule has 0 bridgehead atoms. The maximum atomic E-state index is 12.6. The molecule has 6 heteroatoms. The molecule has 0 aromatic rings. The molecule has 6 nitrogen and oxygen atoms in total. The van der Waals surface area contributed by atoms with Gasteiger partial charge in [0, 0.05) is 19.6 Å². The number of rotatable bonds is 4. The van der Waals surface area contributed by atoms with E-state index in [4.69, 9.17) is 4.74 Å². The molecule has 0 saturated carbocycles. The Labute approximate surface area is 120 Å². The summed E-state index contributed by atoms with van der Waals surface area (Å²) in [6, 6.07) is -0.476. The van der Waals surface area contributed by atoms with Crippen LogP contribution in [-0.4, -0.2) is 62.1 Å². The Balaban J connectivity index is 2.02. The third-order valence-electron chi connectivity index (χ3n) is 4.10. The van der Waals surface area contributed by atoms with Crippen molar-refractivity contribution < 1.29 is 14.3 Å². The van der Waals surface area contributed by atoms with E-state index in [0.717, 1.165) is 13.0 Å². The van der Waals surface area contributed by atoms with Crippen LogP contribution in [0.1, 0.15) is 20.3 Å². The van der Waals surface area contributed by atoms with Crippen LogP contribution in [0.25, 0.3) is 0 Å². The summed E-state index contributed by atoms with van der Waals surface area (Å²) in [4.78, 5) is 26.5. The van der Waals surface area contributed by atoms with Crippen molar-refractivity contribution in [3.63, 3.8) is 0 Å². The average molecular weight is 283 g/mol. The molecule has 2 saturated heterocycles. The summed E-state index contributed by atoms with van der Waals surface area (Å²) < 4.78 is 5.38. The quantitative estimate of drug-likeness (QED) is 0.736. The normalized spacial score (nSPS) is 30.3. The first kappa shape index (κ1) is 15.3. The molecular weight excluding hydrogens is 258 g/mol. The number of nitrogens with zero attached hydrogens (tertiary/aromatic N) is 1. The van der Waals surface area contributed by atoms with E-state index >= 15 is 0 Å². The fourth-order valence-corrected chi connectivity index (χ4v) is 2.80. The maximum absolute atomic E-state index is 12.6. The maximum Gasteiger partial charge on any atom is 0.245 e. The van der Waals surface area contributed by atoms with Gasteiger partial charge in [-0.05, 0) is 18.9 Å². The highest BCUT2D eigenvalue weighted by molar-refractivity contribution is 5.89. The number of nitrogens with one attached hydrogen (secondary N) is 2. The lowest BCUT2D eigenvalue weighted by Gasteiger charge is -2.36. The number of carbonyl (C=O) groups is 2. The van der Waals surface area contributed by atoms with Crippen molar-refractivity contribution in [2.24, 2.45) is 11.8 Å². The first-order valence-corrected chi connectivity index (χ1v) is 7.51. The van der Waals surface area contributed by atoms with Gasteiger partial charge in [-0.1, -0.05) is 13.8 Å². The van der Waals surface area contributed by atoms with E-state index in [1.807, 2.05) is 6.92 Å². The third-order valence-corrected chi connectivity index (χ3v) is 4.10. The first-order chi connectivity index (χ1) is 9.65. The Morgan fingerprint density at radius 3 is 2.85 bits per heavy atom. The van der Waals surface area contributed by atoms with Gasteiger partial charge in [-0.25, -0.2) is 0 Å². The van der Waals surface area contributed by atoms with Crippen LogP contribution < -0.4 is 10.6 Å². The van der Waals surface area contributed by atoms with E-state index in [1.54, 1.807) is 4.90 Å². The summed E-state index contributed by atoms with van der Waals surface area (Å²) in [5, 5.41) is 6.10. The molecule has 0 aliphatic carbocycles. The van der Waals surface area contributed by atoms with Gasteiger partial charge in [0.15, 0.2) is 0 Å². The van der Waals surface area contributed by atoms with E-state index in [2.05, 4.69) is 17.6 Å². The Morgan fingerprint density at radius 1 is 1.40 bits per heavy atom. The Kier molecular flexibility index (Phi) is 5.37. The summed E-state index contributed by atoms with van der Waals surface area (Å²) in [5.74, 6) is 0.292. The van der Waals surface area contributed by atoms with Crippen LogP contribution in [0.5, 0.6) is 0 Å². The summed E-state index contributed by atoms with van der Waals surface area (Å²) in [7, 11) is 0. The van der Waals surface area contributed by atoms with Crippen LogP contribution in [0, 0.1) is 11.8 Å². The minimum atomic E-state index is -0.476. The number of hydrogen-bond acceptors (Lipinski definition) is 4. The van der Waals surface area contributed by atoms with Crippen LogP contribution >= 0.6 is 0 Å². The van der Waals surface area contributed by atoms with Crippen LogP contribution in [0.15, 0.2) is 0 Å². The largest absolute Gasteiger partial charge is 0.377 e. The Morgan fingerprint density at radius 2 is 2.20 bits per heavy atom. The second-order valence-corrected chi connectivity index (χ2v) is 5.66. The predicted octanol–water partition coefficient (Wildman–Crippen LogP) is -0.404. The fraction of sp³-hybridized carbons (Fsp3) is 0.857. The highest BCUT2D eigenvalue weighted by Crippen LogP contribution is 2.21. The molecule has 3 atom stereocenters. The first-order valence-electron chi connectivity index (χ1n) is 7.51. The lowest BCUT2D eigenvalue weighted by Crippen LogP contribution is -2.57. The van der Waals surface area contributed by atoms with E-state index in [9.17, 15) is 9.59 Å². The number of hydrogen-bond donors (Lipinski definition) is 2. The van der Waals surface area contributed by atoms with Gasteiger partial charge in [0.25, 0.3) is 0 Å². The van der Waals surface area contributed by atoms with Crippen LogP contribution in [0.4, 0.5) is 0 Å². The van der Waals surface area contributed by atoms with Crippen molar-refractivity contribution in [3.8, 4) is 0 Å².